The zero-order valence-corrected chi connectivity index (χ0v) is 17.2. The molecule has 7 N–H and O–H groups in total. The average molecular weight is 413 g/mol. The van der Waals surface area contributed by atoms with Crippen molar-refractivity contribution in [2.24, 2.45) is 10.8 Å². The molecule has 0 bridgehead atoms. The van der Waals surface area contributed by atoms with E-state index in [4.69, 9.17) is 40.5 Å². The lowest BCUT2D eigenvalue weighted by atomic mass is 9.91. The number of carbonyl (C=O) groups is 1. The standard InChI is InChI=1S/C10H22O7.C6H14.C3H4O2/c11-1-9(2-12,3-13)7-17-8-10(4-14,5-15)6-16;1-3-5-6-4-2;1-2-3(4)5/h11-16H,1-8H2;3-6H2,1-2H3;2H,1H2,(H,4,5). The first-order valence-corrected chi connectivity index (χ1v) is 9.34. The normalized spacial score (nSPS) is 11.0. The van der Waals surface area contributed by atoms with Gasteiger partial charge in [-0.25, -0.2) is 4.79 Å². The summed E-state index contributed by atoms with van der Waals surface area (Å²) in [6.07, 6.45) is 6.37. The van der Waals surface area contributed by atoms with E-state index >= 15 is 0 Å². The first-order valence-electron chi connectivity index (χ1n) is 9.34. The van der Waals surface area contributed by atoms with E-state index in [0.29, 0.717) is 0 Å². The Morgan fingerprint density at radius 1 is 0.786 bits per heavy atom. The molecule has 170 valence electrons. The van der Waals surface area contributed by atoms with Gasteiger partial charge in [0.1, 0.15) is 0 Å². The van der Waals surface area contributed by atoms with Crippen LogP contribution < -0.4 is 0 Å². The van der Waals surface area contributed by atoms with Crippen LogP contribution in [0.15, 0.2) is 12.7 Å². The van der Waals surface area contributed by atoms with E-state index in [2.05, 4.69) is 20.4 Å². The monoisotopic (exact) mass is 412 g/mol. The van der Waals surface area contributed by atoms with E-state index in [-0.39, 0.29) is 13.2 Å². The Bertz CT molecular complexity index is 313. The van der Waals surface area contributed by atoms with Crippen LogP contribution in [0.5, 0.6) is 0 Å². The van der Waals surface area contributed by atoms with Gasteiger partial charge in [0.2, 0.25) is 0 Å². The molecule has 0 saturated carbocycles. The minimum Gasteiger partial charge on any atom is -0.478 e. The van der Waals surface area contributed by atoms with Crippen molar-refractivity contribution in [1.29, 1.82) is 0 Å². The van der Waals surface area contributed by atoms with Gasteiger partial charge in [0.05, 0.1) is 63.7 Å². The van der Waals surface area contributed by atoms with Gasteiger partial charge >= 0.3 is 5.97 Å². The molecule has 0 aromatic heterocycles. The molecule has 0 radical (unpaired) electrons. The number of aliphatic hydroxyl groups excluding tert-OH is 6. The number of carboxylic acid groups (broad SMARTS) is 1. The van der Waals surface area contributed by atoms with Gasteiger partial charge in [-0.3, -0.25) is 0 Å². The molecule has 0 rings (SSSR count). The molecule has 0 amide bonds. The van der Waals surface area contributed by atoms with Crippen LogP contribution in [0.2, 0.25) is 0 Å². The molecule has 0 unspecified atom stereocenters. The largest absolute Gasteiger partial charge is 0.478 e. The van der Waals surface area contributed by atoms with E-state index in [1.54, 1.807) is 0 Å². The highest BCUT2D eigenvalue weighted by Gasteiger charge is 2.32. The van der Waals surface area contributed by atoms with Crippen LogP contribution in [0.4, 0.5) is 0 Å². The Labute approximate surface area is 167 Å². The summed E-state index contributed by atoms with van der Waals surface area (Å²) in [6, 6.07) is 0. The summed E-state index contributed by atoms with van der Waals surface area (Å²) in [7, 11) is 0. The highest BCUT2D eigenvalue weighted by Crippen LogP contribution is 2.19. The Hall–Kier alpha value is -1.07. The Balaban J connectivity index is -0.000000464. The van der Waals surface area contributed by atoms with Gasteiger partial charge < -0.3 is 40.5 Å². The number of hydrogen-bond acceptors (Lipinski definition) is 8. The molecule has 0 heterocycles. The van der Waals surface area contributed by atoms with E-state index in [0.717, 1.165) is 6.08 Å². The third kappa shape index (κ3) is 15.9. The first kappa shape index (κ1) is 31.6. The van der Waals surface area contributed by atoms with Gasteiger partial charge in [-0.2, -0.15) is 0 Å². The fourth-order valence-electron chi connectivity index (χ4n) is 1.56. The molecule has 0 saturated heterocycles. The molecular formula is C19H40O9. The molecule has 0 spiro atoms. The van der Waals surface area contributed by atoms with Crippen molar-refractivity contribution in [2.75, 3.05) is 52.9 Å². The maximum absolute atomic E-state index is 9.25. The smallest absolute Gasteiger partial charge is 0.327 e. The second kappa shape index (κ2) is 20.7. The van der Waals surface area contributed by atoms with Crippen LogP contribution in [0, 0.1) is 10.8 Å². The Morgan fingerprint density at radius 2 is 1.04 bits per heavy atom. The van der Waals surface area contributed by atoms with E-state index in [1.807, 2.05) is 0 Å². The van der Waals surface area contributed by atoms with Crippen molar-refractivity contribution in [3.05, 3.63) is 12.7 Å². The first-order chi connectivity index (χ1) is 13.3. The molecule has 0 fully saturated rings. The minimum atomic E-state index is -1.16. The summed E-state index contributed by atoms with van der Waals surface area (Å²) in [5.74, 6) is -0.981. The lowest BCUT2D eigenvalue weighted by molar-refractivity contribution is -0.131. The van der Waals surface area contributed by atoms with Crippen molar-refractivity contribution in [3.8, 4) is 0 Å². The fourth-order valence-corrected chi connectivity index (χ4v) is 1.56. The van der Waals surface area contributed by atoms with Crippen LogP contribution in [-0.2, 0) is 9.53 Å². The predicted molar refractivity (Wildman–Crippen MR) is 106 cm³/mol. The Morgan fingerprint density at radius 3 is 1.18 bits per heavy atom. The molecule has 0 aliphatic rings. The quantitative estimate of drug-likeness (QED) is 0.151. The molecule has 9 heteroatoms. The average Bonchev–Trinajstić information content (AvgIpc) is 2.74. The number of aliphatic hydroxyl groups is 6. The van der Waals surface area contributed by atoms with E-state index < -0.39 is 56.4 Å². The number of carboxylic acids is 1. The molecule has 0 aliphatic carbocycles. The van der Waals surface area contributed by atoms with Crippen LogP contribution in [0.1, 0.15) is 39.5 Å². The van der Waals surface area contributed by atoms with Gasteiger partial charge in [-0.15, -0.1) is 0 Å². The fraction of sp³-hybridized carbons (Fsp3) is 0.842. The van der Waals surface area contributed by atoms with Crippen molar-refractivity contribution in [1.82, 2.24) is 0 Å². The zero-order chi connectivity index (χ0) is 22.5. The topological polar surface area (TPSA) is 168 Å². The van der Waals surface area contributed by atoms with Gasteiger partial charge in [-0.1, -0.05) is 46.1 Å². The summed E-state index contributed by atoms with van der Waals surface area (Å²) < 4.78 is 5.15. The summed E-state index contributed by atoms with van der Waals surface area (Å²) in [5.41, 5.74) is -2.32. The number of hydrogen-bond donors (Lipinski definition) is 7. The zero-order valence-electron chi connectivity index (χ0n) is 17.2. The third-order valence-corrected chi connectivity index (χ3v) is 3.96. The van der Waals surface area contributed by atoms with Crippen molar-refractivity contribution < 1.29 is 45.3 Å². The Kier molecular flexibility index (Phi) is 23.3. The third-order valence-electron chi connectivity index (χ3n) is 3.96. The van der Waals surface area contributed by atoms with Crippen molar-refractivity contribution in [3.63, 3.8) is 0 Å². The second-order valence-electron chi connectivity index (χ2n) is 6.69. The summed E-state index contributed by atoms with van der Waals surface area (Å²) in [6.45, 7) is 4.42. The number of unbranched alkanes of at least 4 members (excludes halogenated alkanes) is 3. The molecule has 0 aliphatic heterocycles. The van der Waals surface area contributed by atoms with Crippen LogP contribution in [0.3, 0.4) is 0 Å². The van der Waals surface area contributed by atoms with Crippen LogP contribution in [0.25, 0.3) is 0 Å². The second-order valence-corrected chi connectivity index (χ2v) is 6.69. The van der Waals surface area contributed by atoms with E-state index in [1.165, 1.54) is 25.7 Å². The number of rotatable bonds is 14. The van der Waals surface area contributed by atoms with Gasteiger partial charge in [0.15, 0.2) is 0 Å². The van der Waals surface area contributed by atoms with Gasteiger partial charge in [0, 0.05) is 6.08 Å². The van der Waals surface area contributed by atoms with E-state index in [9.17, 15) is 4.79 Å². The molecule has 0 aromatic rings. The molecule has 0 aromatic carbocycles. The summed E-state index contributed by atoms with van der Waals surface area (Å²) in [4.78, 5) is 9.25. The summed E-state index contributed by atoms with van der Waals surface area (Å²) >= 11 is 0. The predicted octanol–water partition coefficient (Wildman–Crippen LogP) is -0.227. The van der Waals surface area contributed by atoms with Gasteiger partial charge in [-0.05, 0) is 0 Å². The van der Waals surface area contributed by atoms with Crippen molar-refractivity contribution >= 4 is 5.97 Å². The highest BCUT2D eigenvalue weighted by atomic mass is 16.5. The maximum Gasteiger partial charge on any atom is 0.327 e. The van der Waals surface area contributed by atoms with Crippen molar-refractivity contribution in [2.45, 2.75) is 39.5 Å². The SMILES string of the molecule is C=CC(=O)O.CCCCCC.OCC(CO)(CO)COCC(CO)(CO)CO. The molecule has 9 nitrogen and oxygen atoms in total. The summed E-state index contributed by atoms with van der Waals surface area (Å²) in [5, 5.41) is 61.8. The molecule has 28 heavy (non-hydrogen) atoms. The maximum atomic E-state index is 9.25. The molecule has 0 atom stereocenters. The molecular weight excluding hydrogens is 372 g/mol. The highest BCUT2D eigenvalue weighted by molar-refractivity contribution is 5.78. The number of ether oxygens (including phenoxy) is 1. The lowest BCUT2D eigenvalue weighted by Gasteiger charge is -2.31. The van der Waals surface area contributed by atoms with Crippen LogP contribution >= 0.6 is 0 Å². The van der Waals surface area contributed by atoms with Crippen LogP contribution in [-0.4, -0.2) is 94.6 Å². The number of aliphatic carboxylic acids is 1. The lowest BCUT2D eigenvalue weighted by Crippen LogP contribution is -2.43. The van der Waals surface area contributed by atoms with Gasteiger partial charge in [0.25, 0.3) is 0 Å². The minimum absolute atomic E-state index is 0.141.